The largest absolute Gasteiger partial charge is 0.494 e. The molecule has 2 aromatic rings. The summed E-state index contributed by atoms with van der Waals surface area (Å²) in [7, 11) is -1.19. The van der Waals surface area contributed by atoms with Crippen LogP contribution in [-0.2, 0) is 32.3 Å². The zero-order valence-corrected chi connectivity index (χ0v) is 18.8. The predicted molar refractivity (Wildman–Crippen MR) is 109 cm³/mol. The highest BCUT2D eigenvalue weighted by Crippen LogP contribution is 2.64. The van der Waals surface area contributed by atoms with Gasteiger partial charge in [0.05, 0.1) is 45.7 Å². The first kappa shape index (κ1) is 23.4. The first-order valence-electron chi connectivity index (χ1n) is 9.76. The third-order valence-corrected chi connectivity index (χ3v) is 7.84. The smallest absolute Gasteiger partial charge is 0.417 e. The number of halogens is 3. The lowest BCUT2D eigenvalue weighted by atomic mass is 9.77. The Morgan fingerprint density at radius 1 is 1.24 bits per heavy atom. The van der Waals surface area contributed by atoms with Crippen molar-refractivity contribution in [1.29, 1.82) is 5.26 Å². The molecule has 0 spiro atoms. The Hall–Kier alpha value is -2.79. The molecule has 1 aromatic carbocycles. The Labute approximate surface area is 187 Å². The number of aromatic hydroxyl groups is 2. The van der Waals surface area contributed by atoms with Crippen LogP contribution in [0.5, 0.6) is 11.8 Å². The van der Waals surface area contributed by atoms with E-state index in [1.54, 1.807) is 6.92 Å². The van der Waals surface area contributed by atoms with Gasteiger partial charge in [-0.05, 0) is 32.0 Å². The zero-order valence-electron chi connectivity index (χ0n) is 18.0. The summed E-state index contributed by atoms with van der Waals surface area (Å²) in [6.07, 6.45) is -4.72. The van der Waals surface area contributed by atoms with E-state index in [4.69, 9.17) is 10.00 Å². The number of benzene rings is 1. The minimum absolute atomic E-state index is 0.0816. The molecule has 0 saturated carbocycles. The maximum Gasteiger partial charge on any atom is 0.417 e. The molecule has 0 aliphatic carbocycles. The highest BCUT2D eigenvalue weighted by molar-refractivity contribution is 7.87. The van der Waals surface area contributed by atoms with Gasteiger partial charge in [-0.2, -0.15) is 35.9 Å². The molecule has 4 rings (SSSR count). The standard InChI is InChI=1S/C20H21F3N4O5S/c1-18-8-13(25-33(30,31)26(3)4)19(2,32-18)15-14(18)16(28)27(17(15)29)11-6-5-10(9-24)12(7-11)20(21,22)23/h5-7,13,25,28-29H,8H2,1-4H3/t13-,18-,19+/m1/s1. The van der Waals surface area contributed by atoms with Crippen LogP contribution in [0.3, 0.4) is 0 Å². The third-order valence-electron chi connectivity index (χ3n) is 6.30. The third kappa shape index (κ3) is 3.20. The van der Waals surface area contributed by atoms with Crippen LogP contribution in [0.1, 0.15) is 42.5 Å². The Kier molecular flexibility index (Phi) is 4.86. The molecule has 0 amide bonds. The molecular weight excluding hydrogens is 465 g/mol. The van der Waals surface area contributed by atoms with Crippen LogP contribution in [0.4, 0.5) is 13.2 Å². The molecule has 2 aliphatic rings. The SMILES string of the molecule is CN(C)S(=O)(=O)N[C@@H]1C[C@@]2(C)O[C@]1(C)c1c2c(O)n(-c2ccc(C#N)c(C(F)(F)F)c2)c1O. The molecule has 1 fully saturated rings. The summed E-state index contributed by atoms with van der Waals surface area (Å²) in [5.41, 5.74) is -4.41. The number of nitriles is 1. The van der Waals surface area contributed by atoms with E-state index in [2.05, 4.69) is 4.72 Å². The van der Waals surface area contributed by atoms with E-state index in [9.17, 15) is 31.8 Å². The van der Waals surface area contributed by atoms with Gasteiger partial charge in [0.2, 0.25) is 11.8 Å². The first-order valence-corrected chi connectivity index (χ1v) is 11.2. The van der Waals surface area contributed by atoms with E-state index in [0.29, 0.717) is 6.07 Å². The summed E-state index contributed by atoms with van der Waals surface area (Å²) < 4.78 is 75.5. The van der Waals surface area contributed by atoms with Gasteiger partial charge in [-0.1, -0.05) is 0 Å². The number of alkyl halides is 3. The van der Waals surface area contributed by atoms with E-state index in [1.165, 1.54) is 33.2 Å². The normalized spacial score (nSPS) is 26.6. The quantitative estimate of drug-likeness (QED) is 0.609. The summed E-state index contributed by atoms with van der Waals surface area (Å²) in [5.74, 6) is -1.11. The van der Waals surface area contributed by atoms with Crippen molar-refractivity contribution in [3.8, 4) is 23.5 Å². The summed E-state index contributed by atoms with van der Waals surface area (Å²) in [5, 5.41) is 31.0. The van der Waals surface area contributed by atoms with Gasteiger partial charge in [-0.15, -0.1) is 0 Å². The molecule has 0 unspecified atom stereocenters. The van der Waals surface area contributed by atoms with Gasteiger partial charge in [0.1, 0.15) is 5.60 Å². The van der Waals surface area contributed by atoms with Crippen LogP contribution in [0, 0.1) is 11.3 Å². The van der Waals surface area contributed by atoms with Crippen LogP contribution in [0.2, 0.25) is 0 Å². The average Bonchev–Trinajstić information content (AvgIpc) is 3.21. The van der Waals surface area contributed by atoms with Gasteiger partial charge in [0.15, 0.2) is 0 Å². The fraction of sp³-hybridized carbons (Fsp3) is 0.450. The molecular formula is C20H21F3N4O5S. The van der Waals surface area contributed by atoms with E-state index in [-0.39, 0.29) is 23.2 Å². The number of rotatable bonds is 4. The number of aromatic nitrogens is 1. The monoisotopic (exact) mass is 486 g/mol. The summed E-state index contributed by atoms with van der Waals surface area (Å²) in [6, 6.07) is 3.43. The minimum atomic E-state index is -4.84. The molecule has 2 aliphatic heterocycles. The van der Waals surface area contributed by atoms with E-state index < -0.39 is 56.5 Å². The lowest BCUT2D eigenvalue weighted by Crippen LogP contribution is -2.50. The van der Waals surface area contributed by atoms with Crippen molar-refractivity contribution >= 4 is 10.2 Å². The molecule has 178 valence electrons. The predicted octanol–water partition coefficient (Wildman–Crippen LogP) is 2.41. The second-order valence-electron chi connectivity index (χ2n) is 8.67. The van der Waals surface area contributed by atoms with E-state index in [1.807, 2.05) is 0 Å². The van der Waals surface area contributed by atoms with Crippen molar-refractivity contribution < 1.29 is 36.5 Å². The summed E-state index contributed by atoms with van der Waals surface area (Å²) >= 11 is 0. The molecule has 3 N–H and O–H groups in total. The molecule has 9 nitrogen and oxygen atoms in total. The minimum Gasteiger partial charge on any atom is -0.494 e. The van der Waals surface area contributed by atoms with Gasteiger partial charge in [0.25, 0.3) is 10.2 Å². The maximum absolute atomic E-state index is 13.4. The molecule has 3 heterocycles. The van der Waals surface area contributed by atoms with Crippen LogP contribution in [0.25, 0.3) is 5.69 Å². The highest BCUT2D eigenvalue weighted by Gasteiger charge is 2.65. The topological polar surface area (TPSA) is 128 Å². The van der Waals surface area contributed by atoms with Crippen molar-refractivity contribution in [3.05, 3.63) is 40.5 Å². The van der Waals surface area contributed by atoms with E-state index in [0.717, 1.165) is 14.9 Å². The number of fused-ring (bicyclic) bond motifs is 5. The molecule has 1 aromatic heterocycles. The maximum atomic E-state index is 13.4. The average molecular weight is 486 g/mol. The van der Waals surface area contributed by atoms with Gasteiger partial charge in [-0.3, -0.25) is 4.57 Å². The number of ether oxygens (including phenoxy) is 1. The van der Waals surface area contributed by atoms with Crippen molar-refractivity contribution in [3.63, 3.8) is 0 Å². The molecule has 0 radical (unpaired) electrons. The molecule has 3 atom stereocenters. The van der Waals surface area contributed by atoms with Crippen molar-refractivity contribution in [2.24, 2.45) is 0 Å². The highest BCUT2D eigenvalue weighted by atomic mass is 32.2. The Morgan fingerprint density at radius 2 is 1.85 bits per heavy atom. The lowest BCUT2D eigenvalue weighted by Gasteiger charge is -2.31. The van der Waals surface area contributed by atoms with Crippen LogP contribution >= 0.6 is 0 Å². The fourth-order valence-corrected chi connectivity index (χ4v) is 5.63. The van der Waals surface area contributed by atoms with Crippen molar-refractivity contribution in [1.82, 2.24) is 13.6 Å². The number of nitrogens with zero attached hydrogens (tertiary/aromatic N) is 3. The first-order chi connectivity index (χ1) is 15.1. The van der Waals surface area contributed by atoms with Crippen LogP contribution in [-0.4, -0.2) is 47.6 Å². The van der Waals surface area contributed by atoms with Gasteiger partial charge in [-0.25, -0.2) is 0 Å². The molecule has 1 saturated heterocycles. The fourth-order valence-electron chi connectivity index (χ4n) is 4.75. The van der Waals surface area contributed by atoms with Gasteiger partial charge < -0.3 is 14.9 Å². The molecule has 33 heavy (non-hydrogen) atoms. The van der Waals surface area contributed by atoms with Gasteiger partial charge >= 0.3 is 6.18 Å². The Bertz CT molecular complexity index is 1310. The van der Waals surface area contributed by atoms with Crippen molar-refractivity contribution in [2.45, 2.75) is 43.7 Å². The number of hydrogen-bond acceptors (Lipinski definition) is 6. The summed E-state index contributed by atoms with van der Waals surface area (Å²) in [4.78, 5) is 0. The zero-order chi connectivity index (χ0) is 24.7. The van der Waals surface area contributed by atoms with Crippen LogP contribution < -0.4 is 4.72 Å². The second kappa shape index (κ2) is 6.86. The molecule has 13 heteroatoms. The Morgan fingerprint density at radius 3 is 2.39 bits per heavy atom. The van der Waals surface area contributed by atoms with E-state index >= 15 is 0 Å². The summed E-state index contributed by atoms with van der Waals surface area (Å²) in [6.45, 7) is 3.14. The number of hydrogen-bond donors (Lipinski definition) is 3. The molecule has 2 bridgehead atoms. The van der Waals surface area contributed by atoms with Crippen LogP contribution in [0.15, 0.2) is 18.2 Å². The Balaban J connectivity index is 1.89. The van der Waals surface area contributed by atoms with Gasteiger partial charge in [0, 0.05) is 20.5 Å². The van der Waals surface area contributed by atoms with Crippen molar-refractivity contribution in [2.75, 3.05) is 14.1 Å². The lowest BCUT2D eigenvalue weighted by molar-refractivity contribution is -0.137. The second-order valence-corrected chi connectivity index (χ2v) is 10.6. The number of nitrogens with one attached hydrogen (secondary N) is 1.